The van der Waals surface area contributed by atoms with E-state index in [0.29, 0.717) is 11.5 Å². The molecule has 1 aliphatic carbocycles. The number of carboxylic acid groups (broad SMARTS) is 1. The Balaban J connectivity index is 1.44. The third-order valence-electron chi connectivity index (χ3n) is 6.79. The standard InChI is InChI=1S/C31H22O5/c32-22-13-9-20(10-14-22)31(27-7-3-1-5-25(27)26-6-2-4-8-28(26)31)21-11-15-23(16-12-21)35-19-24-17-18-29(36-24)30(33)34/h1-18,32H,19H2,(H,33,34). The van der Waals surface area contributed by atoms with Crippen molar-refractivity contribution in [2.24, 2.45) is 0 Å². The van der Waals surface area contributed by atoms with Crippen LogP contribution in [0.5, 0.6) is 11.5 Å². The third kappa shape index (κ3) is 3.36. The van der Waals surface area contributed by atoms with Gasteiger partial charge in [0.2, 0.25) is 5.76 Å². The van der Waals surface area contributed by atoms with Crippen LogP contribution in [0, 0.1) is 0 Å². The number of benzene rings is 4. The molecule has 6 rings (SSSR count). The van der Waals surface area contributed by atoms with E-state index in [1.54, 1.807) is 18.2 Å². The first-order valence-corrected chi connectivity index (χ1v) is 11.6. The number of ether oxygens (including phenoxy) is 1. The lowest BCUT2D eigenvalue weighted by molar-refractivity contribution is 0.0658. The zero-order valence-electron chi connectivity index (χ0n) is 19.2. The van der Waals surface area contributed by atoms with Gasteiger partial charge in [0.05, 0.1) is 5.41 Å². The molecule has 1 aliphatic rings. The Labute approximate surface area is 207 Å². The zero-order valence-corrected chi connectivity index (χ0v) is 19.2. The van der Waals surface area contributed by atoms with E-state index in [9.17, 15) is 9.90 Å². The number of aromatic hydroxyl groups is 1. The Morgan fingerprint density at radius 3 is 1.83 bits per heavy atom. The normalized spacial score (nSPS) is 13.1. The summed E-state index contributed by atoms with van der Waals surface area (Å²) in [7, 11) is 0. The van der Waals surface area contributed by atoms with Gasteiger partial charge in [-0.05, 0) is 69.8 Å². The lowest BCUT2D eigenvalue weighted by atomic mass is 9.68. The van der Waals surface area contributed by atoms with Gasteiger partial charge in [-0.1, -0.05) is 72.8 Å². The maximum absolute atomic E-state index is 11.0. The molecule has 5 nitrogen and oxygen atoms in total. The van der Waals surface area contributed by atoms with Gasteiger partial charge in [-0.25, -0.2) is 4.79 Å². The molecule has 0 radical (unpaired) electrons. The molecule has 2 N–H and O–H groups in total. The molecular formula is C31H22O5. The zero-order chi connectivity index (χ0) is 24.7. The first-order valence-electron chi connectivity index (χ1n) is 11.6. The molecule has 176 valence electrons. The fraction of sp³-hybridized carbons (Fsp3) is 0.0645. The highest BCUT2D eigenvalue weighted by atomic mass is 16.5. The Bertz CT molecular complexity index is 1520. The Morgan fingerprint density at radius 1 is 0.722 bits per heavy atom. The smallest absolute Gasteiger partial charge is 0.371 e. The van der Waals surface area contributed by atoms with E-state index < -0.39 is 11.4 Å². The minimum absolute atomic E-state index is 0.113. The van der Waals surface area contributed by atoms with E-state index in [1.807, 2.05) is 24.3 Å². The first kappa shape index (κ1) is 21.7. The number of hydrogen-bond donors (Lipinski definition) is 2. The molecule has 0 aliphatic heterocycles. The Hall–Kier alpha value is -4.77. The fourth-order valence-electron chi connectivity index (χ4n) is 5.26. The number of phenolic OH excluding ortho intramolecular Hbond substituents is 1. The van der Waals surface area contributed by atoms with Crippen molar-refractivity contribution in [3.63, 3.8) is 0 Å². The van der Waals surface area contributed by atoms with Crippen LogP contribution in [0.3, 0.4) is 0 Å². The van der Waals surface area contributed by atoms with Crippen LogP contribution >= 0.6 is 0 Å². The van der Waals surface area contributed by atoms with Crippen molar-refractivity contribution < 1.29 is 24.2 Å². The van der Waals surface area contributed by atoms with Crippen molar-refractivity contribution in [2.45, 2.75) is 12.0 Å². The predicted octanol–water partition coefficient (Wildman–Crippen LogP) is 6.63. The van der Waals surface area contributed by atoms with Gasteiger partial charge >= 0.3 is 5.97 Å². The number of carboxylic acids is 1. The minimum atomic E-state index is -1.11. The molecule has 0 amide bonds. The lowest BCUT2D eigenvalue weighted by Gasteiger charge is -2.34. The van der Waals surface area contributed by atoms with Gasteiger partial charge in [-0.15, -0.1) is 0 Å². The molecular weight excluding hydrogens is 452 g/mol. The molecule has 1 heterocycles. The monoisotopic (exact) mass is 474 g/mol. The van der Waals surface area contributed by atoms with E-state index in [-0.39, 0.29) is 18.1 Å². The van der Waals surface area contributed by atoms with Crippen molar-refractivity contribution in [3.05, 3.63) is 143 Å². The molecule has 0 bridgehead atoms. The summed E-state index contributed by atoms with van der Waals surface area (Å²) < 4.78 is 11.2. The molecule has 0 saturated heterocycles. The topological polar surface area (TPSA) is 79.9 Å². The molecule has 0 atom stereocenters. The van der Waals surface area contributed by atoms with Gasteiger partial charge in [0.15, 0.2) is 0 Å². The van der Waals surface area contributed by atoms with E-state index in [0.717, 1.165) is 11.1 Å². The molecule has 0 unspecified atom stereocenters. The van der Waals surface area contributed by atoms with Gasteiger partial charge in [-0.2, -0.15) is 0 Å². The molecule has 0 spiro atoms. The third-order valence-corrected chi connectivity index (χ3v) is 6.79. The van der Waals surface area contributed by atoms with Crippen LogP contribution in [0.25, 0.3) is 11.1 Å². The second-order valence-corrected chi connectivity index (χ2v) is 8.77. The van der Waals surface area contributed by atoms with Crippen LogP contribution in [0.4, 0.5) is 0 Å². The maximum atomic E-state index is 11.0. The summed E-state index contributed by atoms with van der Waals surface area (Å²) in [4.78, 5) is 11.0. The summed E-state index contributed by atoms with van der Waals surface area (Å²) in [5.41, 5.74) is 6.32. The molecule has 5 heteroatoms. The van der Waals surface area contributed by atoms with Gasteiger partial charge in [0.1, 0.15) is 23.9 Å². The summed E-state index contributed by atoms with van der Waals surface area (Å²) in [6.07, 6.45) is 0. The van der Waals surface area contributed by atoms with Crippen LogP contribution < -0.4 is 4.74 Å². The number of hydrogen-bond acceptors (Lipinski definition) is 4. The number of rotatable bonds is 6. The number of phenols is 1. The van der Waals surface area contributed by atoms with Crippen LogP contribution in [0.15, 0.2) is 114 Å². The van der Waals surface area contributed by atoms with Crippen molar-refractivity contribution in [1.82, 2.24) is 0 Å². The first-order chi connectivity index (χ1) is 17.6. The highest BCUT2D eigenvalue weighted by molar-refractivity contribution is 5.86. The number of aromatic carboxylic acids is 1. The largest absolute Gasteiger partial charge is 0.508 e. The Kier molecular flexibility index (Phi) is 5.11. The number of carbonyl (C=O) groups is 1. The van der Waals surface area contributed by atoms with E-state index >= 15 is 0 Å². The van der Waals surface area contributed by atoms with Crippen molar-refractivity contribution in [2.75, 3.05) is 0 Å². The summed E-state index contributed by atoms with van der Waals surface area (Å²) in [6, 6.07) is 35.3. The Morgan fingerprint density at radius 2 is 1.28 bits per heavy atom. The van der Waals surface area contributed by atoms with E-state index in [1.165, 1.54) is 28.3 Å². The molecule has 0 fully saturated rings. The fourth-order valence-corrected chi connectivity index (χ4v) is 5.26. The van der Waals surface area contributed by atoms with Crippen molar-refractivity contribution in [3.8, 4) is 22.6 Å². The number of fused-ring (bicyclic) bond motifs is 3. The van der Waals surface area contributed by atoms with Gasteiger partial charge in [0.25, 0.3) is 0 Å². The second kappa shape index (κ2) is 8.47. The summed E-state index contributed by atoms with van der Waals surface area (Å²) in [6.45, 7) is 0.126. The summed E-state index contributed by atoms with van der Waals surface area (Å²) >= 11 is 0. The van der Waals surface area contributed by atoms with E-state index in [2.05, 4.69) is 60.7 Å². The van der Waals surface area contributed by atoms with Gasteiger partial charge in [-0.3, -0.25) is 0 Å². The van der Waals surface area contributed by atoms with Crippen LogP contribution in [-0.2, 0) is 12.0 Å². The van der Waals surface area contributed by atoms with Crippen molar-refractivity contribution >= 4 is 5.97 Å². The van der Waals surface area contributed by atoms with Crippen LogP contribution in [0.1, 0.15) is 38.6 Å². The van der Waals surface area contributed by atoms with E-state index in [4.69, 9.17) is 14.3 Å². The quantitative estimate of drug-likeness (QED) is 0.283. The van der Waals surface area contributed by atoms with Crippen molar-refractivity contribution in [1.29, 1.82) is 0 Å². The summed E-state index contributed by atoms with van der Waals surface area (Å²) in [5, 5.41) is 19.1. The van der Waals surface area contributed by atoms with Gasteiger partial charge in [0, 0.05) is 0 Å². The SMILES string of the molecule is O=C(O)c1ccc(COc2ccc(C3(c4ccc(O)cc4)c4ccccc4-c4ccccc43)cc2)o1. The number of furan rings is 1. The predicted molar refractivity (Wildman–Crippen MR) is 135 cm³/mol. The molecule has 1 aromatic heterocycles. The summed E-state index contributed by atoms with van der Waals surface area (Å²) in [5.74, 6) is 0.0879. The molecule has 36 heavy (non-hydrogen) atoms. The van der Waals surface area contributed by atoms with Gasteiger partial charge < -0.3 is 19.4 Å². The highest BCUT2D eigenvalue weighted by Gasteiger charge is 2.45. The maximum Gasteiger partial charge on any atom is 0.371 e. The van der Waals surface area contributed by atoms with Crippen LogP contribution in [-0.4, -0.2) is 16.2 Å². The molecule has 0 saturated carbocycles. The average molecular weight is 475 g/mol. The molecule has 5 aromatic rings. The average Bonchev–Trinajstić information content (AvgIpc) is 3.51. The molecule has 4 aromatic carbocycles. The highest BCUT2D eigenvalue weighted by Crippen LogP contribution is 2.56. The minimum Gasteiger partial charge on any atom is -0.508 e. The van der Waals surface area contributed by atoms with Crippen LogP contribution in [0.2, 0.25) is 0 Å². The lowest BCUT2D eigenvalue weighted by Crippen LogP contribution is -2.28. The second-order valence-electron chi connectivity index (χ2n) is 8.77.